The molecule has 1 amide bonds. The summed E-state index contributed by atoms with van der Waals surface area (Å²) in [6.45, 7) is 2.18. The van der Waals surface area contributed by atoms with Gasteiger partial charge >= 0.3 is 11.9 Å². The van der Waals surface area contributed by atoms with E-state index in [2.05, 4.69) is 10.1 Å². The van der Waals surface area contributed by atoms with Crippen LogP contribution in [0.5, 0.6) is 0 Å². The fourth-order valence-electron chi connectivity index (χ4n) is 1.71. The van der Waals surface area contributed by atoms with E-state index in [9.17, 15) is 14.4 Å². The topological polar surface area (TPSA) is 81.7 Å². The molecule has 1 aliphatic heterocycles. The number of amides is 1. The first kappa shape index (κ1) is 13.8. The highest BCUT2D eigenvalue weighted by molar-refractivity contribution is 6.03. The van der Waals surface area contributed by atoms with Crippen LogP contribution >= 0.6 is 0 Å². The molecule has 0 saturated heterocycles. The highest BCUT2D eigenvalue weighted by Gasteiger charge is 2.21. The summed E-state index contributed by atoms with van der Waals surface area (Å²) in [5.74, 6) is -1.47. The average Bonchev–Trinajstić information content (AvgIpc) is 2.78. The normalized spacial score (nSPS) is 12.9. The SMILES string of the molecule is CCOC(=O)/C=C/C(=O)Nc1ccc2c(c1)C(=O)OC2. The molecule has 20 heavy (non-hydrogen) atoms. The van der Waals surface area contributed by atoms with Gasteiger partial charge in [0.25, 0.3) is 0 Å². The van der Waals surface area contributed by atoms with Crippen molar-refractivity contribution in [1.29, 1.82) is 0 Å². The molecule has 0 fully saturated rings. The van der Waals surface area contributed by atoms with Crippen LogP contribution in [0.3, 0.4) is 0 Å². The van der Waals surface area contributed by atoms with Gasteiger partial charge in [-0.05, 0) is 19.1 Å². The van der Waals surface area contributed by atoms with Gasteiger partial charge in [-0.15, -0.1) is 0 Å². The molecule has 6 nitrogen and oxygen atoms in total. The molecular weight excluding hydrogens is 262 g/mol. The first-order valence-electron chi connectivity index (χ1n) is 6.06. The molecule has 0 bridgehead atoms. The van der Waals surface area contributed by atoms with Crippen molar-refractivity contribution in [2.45, 2.75) is 13.5 Å². The highest BCUT2D eigenvalue weighted by Crippen LogP contribution is 2.23. The van der Waals surface area contributed by atoms with Crippen LogP contribution in [0.4, 0.5) is 5.69 Å². The molecule has 2 rings (SSSR count). The van der Waals surface area contributed by atoms with Crippen molar-refractivity contribution in [2.75, 3.05) is 11.9 Å². The van der Waals surface area contributed by atoms with E-state index in [1.54, 1.807) is 25.1 Å². The summed E-state index contributed by atoms with van der Waals surface area (Å²) in [6, 6.07) is 4.92. The molecular formula is C14H13NO5. The van der Waals surface area contributed by atoms with E-state index in [0.29, 0.717) is 11.3 Å². The Morgan fingerprint density at radius 3 is 2.95 bits per heavy atom. The molecule has 0 atom stereocenters. The number of carbonyl (C=O) groups excluding carboxylic acids is 3. The minimum atomic E-state index is -0.583. The Morgan fingerprint density at radius 1 is 1.40 bits per heavy atom. The molecule has 0 saturated carbocycles. The van der Waals surface area contributed by atoms with Crippen molar-refractivity contribution in [3.05, 3.63) is 41.5 Å². The number of nitrogens with one attached hydrogen (secondary N) is 1. The van der Waals surface area contributed by atoms with Crippen LogP contribution in [0.1, 0.15) is 22.8 Å². The molecule has 0 aliphatic carbocycles. The maximum absolute atomic E-state index is 11.6. The van der Waals surface area contributed by atoms with Crippen molar-refractivity contribution >= 4 is 23.5 Å². The van der Waals surface area contributed by atoms with Crippen molar-refractivity contribution < 1.29 is 23.9 Å². The van der Waals surface area contributed by atoms with Gasteiger partial charge in [-0.25, -0.2) is 9.59 Å². The second-order valence-corrected chi connectivity index (χ2v) is 4.02. The third-order valence-corrected chi connectivity index (χ3v) is 2.61. The van der Waals surface area contributed by atoms with Crippen LogP contribution in [-0.4, -0.2) is 24.5 Å². The second-order valence-electron chi connectivity index (χ2n) is 4.02. The Hall–Kier alpha value is -2.63. The summed E-state index contributed by atoms with van der Waals surface area (Å²) >= 11 is 0. The van der Waals surface area contributed by atoms with E-state index in [0.717, 1.165) is 17.7 Å². The third kappa shape index (κ3) is 3.23. The van der Waals surface area contributed by atoms with E-state index < -0.39 is 17.8 Å². The van der Waals surface area contributed by atoms with Crippen molar-refractivity contribution in [3.63, 3.8) is 0 Å². The van der Waals surface area contributed by atoms with Gasteiger partial charge in [-0.1, -0.05) is 6.07 Å². The minimum absolute atomic E-state index is 0.248. The van der Waals surface area contributed by atoms with E-state index in [-0.39, 0.29) is 13.2 Å². The molecule has 1 heterocycles. The van der Waals surface area contributed by atoms with E-state index >= 15 is 0 Å². The largest absolute Gasteiger partial charge is 0.463 e. The zero-order chi connectivity index (χ0) is 14.5. The summed E-state index contributed by atoms with van der Waals surface area (Å²) in [4.78, 5) is 34.0. The zero-order valence-electron chi connectivity index (χ0n) is 10.8. The maximum Gasteiger partial charge on any atom is 0.338 e. The molecule has 104 valence electrons. The third-order valence-electron chi connectivity index (χ3n) is 2.61. The van der Waals surface area contributed by atoms with Gasteiger partial charge in [0.1, 0.15) is 6.61 Å². The van der Waals surface area contributed by atoms with E-state index in [4.69, 9.17) is 4.74 Å². The smallest absolute Gasteiger partial charge is 0.338 e. The second kappa shape index (κ2) is 6.01. The van der Waals surface area contributed by atoms with Gasteiger partial charge < -0.3 is 14.8 Å². The number of ether oxygens (including phenoxy) is 2. The Balaban J connectivity index is 2.00. The maximum atomic E-state index is 11.6. The first-order chi connectivity index (χ1) is 9.60. The molecule has 1 aromatic carbocycles. The van der Waals surface area contributed by atoms with Crippen LogP contribution in [0.25, 0.3) is 0 Å². The van der Waals surface area contributed by atoms with Crippen LogP contribution in [0.15, 0.2) is 30.4 Å². The molecule has 1 aromatic rings. The number of esters is 2. The monoisotopic (exact) mass is 275 g/mol. The quantitative estimate of drug-likeness (QED) is 0.663. The lowest BCUT2D eigenvalue weighted by atomic mass is 10.1. The highest BCUT2D eigenvalue weighted by atomic mass is 16.5. The number of rotatable bonds is 4. The molecule has 6 heteroatoms. The number of fused-ring (bicyclic) bond motifs is 1. The number of cyclic esters (lactones) is 1. The van der Waals surface area contributed by atoms with Crippen LogP contribution in [0, 0.1) is 0 Å². The number of benzene rings is 1. The lowest BCUT2D eigenvalue weighted by Crippen LogP contribution is -2.10. The standard InChI is InChI=1S/C14H13NO5/c1-2-19-13(17)6-5-12(16)15-10-4-3-9-8-20-14(18)11(9)7-10/h3-7H,2,8H2,1H3,(H,15,16)/b6-5+. The Labute approximate surface area is 115 Å². The lowest BCUT2D eigenvalue weighted by molar-refractivity contribution is -0.137. The fourth-order valence-corrected chi connectivity index (χ4v) is 1.71. The first-order valence-corrected chi connectivity index (χ1v) is 6.06. The van der Waals surface area contributed by atoms with Gasteiger partial charge in [0.05, 0.1) is 12.2 Å². The molecule has 0 spiro atoms. The molecule has 0 unspecified atom stereocenters. The predicted octanol–water partition coefficient (Wildman–Crippen LogP) is 1.41. The lowest BCUT2D eigenvalue weighted by Gasteiger charge is -2.03. The summed E-state index contributed by atoms with van der Waals surface area (Å²) in [7, 11) is 0. The Morgan fingerprint density at radius 2 is 2.20 bits per heavy atom. The number of hydrogen-bond donors (Lipinski definition) is 1. The van der Waals surface area contributed by atoms with Gasteiger partial charge in [0, 0.05) is 23.4 Å². The van der Waals surface area contributed by atoms with Crippen molar-refractivity contribution in [3.8, 4) is 0 Å². The average molecular weight is 275 g/mol. The Bertz CT molecular complexity index is 591. The van der Waals surface area contributed by atoms with Crippen LogP contribution in [-0.2, 0) is 25.7 Å². The summed E-state index contributed by atoms with van der Waals surface area (Å²) in [5.41, 5.74) is 1.69. The van der Waals surface area contributed by atoms with Crippen molar-refractivity contribution in [1.82, 2.24) is 0 Å². The van der Waals surface area contributed by atoms with E-state index in [1.165, 1.54) is 0 Å². The van der Waals surface area contributed by atoms with Crippen molar-refractivity contribution in [2.24, 2.45) is 0 Å². The summed E-state index contributed by atoms with van der Waals surface area (Å²) in [6.07, 6.45) is 2.12. The van der Waals surface area contributed by atoms with Crippen LogP contribution < -0.4 is 5.32 Å². The number of anilines is 1. The van der Waals surface area contributed by atoms with Gasteiger partial charge in [-0.3, -0.25) is 4.79 Å². The van der Waals surface area contributed by atoms with Crippen LogP contribution in [0.2, 0.25) is 0 Å². The van der Waals surface area contributed by atoms with Gasteiger partial charge in [-0.2, -0.15) is 0 Å². The molecule has 0 aromatic heterocycles. The zero-order valence-corrected chi connectivity index (χ0v) is 10.8. The van der Waals surface area contributed by atoms with Gasteiger partial charge in [0.2, 0.25) is 5.91 Å². The minimum Gasteiger partial charge on any atom is -0.463 e. The molecule has 1 N–H and O–H groups in total. The summed E-state index contributed by atoms with van der Waals surface area (Å²) < 4.78 is 9.51. The Kier molecular flexibility index (Phi) is 4.14. The molecule has 1 aliphatic rings. The molecule has 0 radical (unpaired) electrons. The van der Waals surface area contributed by atoms with Gasteiger partial charge in [0.15, 0.2) is 0 Å². The number of carbonyl (C=O) groups is 3. The van der Waals surface area contributed by atoms with E-state index in [1.807, 2.05) is 0 Å². The predicted molar refractivity (Wildman–Crippen MR) is 70.0 cm³/mol. The summed E-state index contributed by atoms with van der Waals surface area (Å²) in [5, 5.41) is 2.55. The fraction of sp³-hybridized carbons (Fsp3) is 0.214. The number of hydrogen-bond acceptors (Lipinski definition) is 5.